The highest BCUT2D eigenvalue weighted by Crippen LogP contribution is 2.31. The van der Waals surface area contributed by atoms with Crippen molar-refractivity contribution in [2.24, 2.45) is 13.0 Å². The van der Waals surface area contributed by atoms with Crippen molar-refractivity contribution in [3.05, 3.63) is 50.4 Å². The normalized spacial score (nSPS) is 12.8. The van der Waals surface area contributed by atoms with Crippen LogP contribution < -0.4 is 20.7 Å². The fraction of sp³-hybridized carbons (Fsp3) is 0.348. The number of benzene rings is 1. The maximum Gasteiger partial charge on any atom is 0.333 e. The van der Waals surface area contributed by atoms with Crippen LogP contribution in [-0.4, -0.2) is 32.9 Å². The quantitative estimate of drug-likeness (QED) is 0.585. The lowest BCUT2D eigenvalue weighted by molar-refractivity contribution is 0.355. The number of terminal acetylenes is 1. The summed E-state index contributed by atoms with van der Waals surface area (Å²) in [5.74, 6) is 10.4. The minimum Gasteiger partial charge on any atom is -0.493 e. The molecule has 0 aliphatic heterocycles. The zero-order chi connectivity index (χ0) is 22.1. The zero-order valence-electron chi connectivity index (χ0n) is 17.6. The Kier molecular flexibility index (Phi) is 5.31. The molecule has 0 bridgehead atoms. The molecule has 1 aliphatic rings. The molecule has 0 saturated heterocycles. The monoisotopic (exact) mass is 418 g/mol. The first kappa shape index (κ1) is 20.4. The van der Waals surface area contributed by atoms with E-state index in [4.69, 9.17) is 15.9 Å². The molecule has 0 radical (unpaired) electrons. The largest absolute Gasteiger partial charge is 0.493 e. The number of methoxy groups -OCH3 is 2. The first-order chi connectivity index (χ1) is 15.0. The predicted octanol–water partition coefficient (Wildman–Crippen LogP) is 1.36. The van der Waals surface area contributed by atoms with Crippen molar-refractivity contribution < 1.29 is 9.47 Å². The lowest BCUT2D eigenvalue weighted by atomic mass is 10.2. The van der Waals surface area contributed by atoms with Gasteiger partial charge in [-0.1, -0.05) is 11.8 Å². The summed E-state index contributed by atoms with van der Waals surface area (Å²) >= 11 is 0. The summed E-state index contributed by atoms with van der Waals surface area (Å²) in [5.41, 5.74) is 0.463. The number of nitrogens with zero attached hydrogens (tertiary/aromatic N) is 4. The van der Waals surface area contributed by atoms with Gasteiger partial charge in [0.05, 0.1) is 20.8 Å². The molecule has 1 aliphatic carbocycles. The van der Waals surface area contributed by atoms with Gasteiger partial charge in [-0.25, -0.2) is 14.3 Å². The van der Waals surface area contributed by atoms with Crippen LogP contribution in [-0.2, 0) is 20.1 Å². The molecule has 158 valence electrons. The van der Waals surface area contributed by atoms with Gasteiger partial charge in [0, 0.05) is 19.2 Å². The van der Waals surface area contributed by atoms with Gasteiger partial charge in [-0.15, -0.1) is 6.42 Å². The Morgan fingerprint density at radius 3 is 2.52 bits per heavy atom. The molecule has 0 N–H and O–H groups in total. The molecule has 0 amide bonds. The van der Waals surface area contributed by atoms with E-state index in [1.807, 2.05) is 0 Å². The third kappa shape index (κ3) is 3.69. The molecule has 1 fully saturated rings. The second-order valence-electron chi connectivity index (χ2n) is 7.42. The minimum atomic E-state index is -0.459. The van der Waals surface area contributed by atoms with Crippen molar-refractivity contribution in [3.8, 4) is 35.7 Å². The van der Waals surface area contributed by atoms with E-state index in [0.717, 1.165) is 17.4 Å². The third-order valence-corrected chi connectivity index (χ3v) is 5.33. The topological polar surface area (TPSA) is 80.3 Å². The number of aromatic nitrogens is 4. The number of aryl methyl sites for hydroxylation is 1. The average Bonchev–Trinajstić information content (AvgIpc) is 3.54. The average molecular weight is 418 g/mol. The van der Waals surface area contributed by atoms with E-state index in [1.165, 1.54) is 0 Å². The number of ether oxygens (including phenoxy) is 2. The van der Waals surface area contributed by atoms with Gasteiger partial charge < -0.3 is 14.0 Å². The molecule has 1 saturated carbocycles. The Morgan fingerprint density at radius 2 is 1.87 bits per heavy atom. The Labute approximate surface area is 179 Å². The molecule has 2 heterocycles. The van der Waals surface area contributed by atoms with Crippen LogP contribution in [0.15, 0.2) is 27.8 Å². The van der Waals surface area contributed by atoms with Gasteiger partial charge in [0.1, 0.15) is 0 Å². The minimum absolute atomic E-state index is 0.0872. The second-order valence-corrected chi connectivity index (χ2v) is 7.42. The molecule has 1 aromatic carbocycles. The number of hydrogen-bond donors (Lipinski definition) is 0. The van der Waals surface area contributed by atoms with Gasteiger partial charge in [0.25, 0.3) is 5.56 Å². The summed E-state index contributed by atoms with van der Waals surface area (Å²) in [6.07, 6.45) is 7.50. The predicted molar refractivity (Wildman–Crippen MR) is 116 cm³/mol. The maximum absolute atomic E-state index is 13.0. The Bertz CT molecular complexity index is 1390. The van der Waals surface area contributed by atoms with Gasteiger partial charge in [-0.05, 0) is 42.9 Å². The van der Waals surface area contributed by atoms with E-state index in [9.17, 15) is 9.59 Å². The van der Waals surface area contributed by atoms with Gasteiger partial charge in [0.15, 0.2) is 28.5 Å². The van der Waals surface area contributed by atoms with Gasteiger partial charge in [0.2, 0.25) is 0 Å². The number of rotatable bonds is 5. The van der Waals surface area contributed by atoms with Crippen LogP contribution in [0.3, 0.4) is 0 Å². The lowest BCUT2D eigenvalue weighted by Gasteiger charge is -2.09. The van der Waals surface area contributed by atoms with Gasteiger partial charge >= 0.3 is 5.69 Å². The molecule has 3 aromatic rings. The van der Waals surface area contributed by atoms with Crippen LogP contribution in [0.1, 0.15) is 24.2 Å². The Morgan fingerprint density at radius 1 is 1.13 bits per heavy atom. The molecule has 2 aromatic heterocycles. The van der Waals surface area contributed by atoms with E-state index in [-0.39, 0.29) is 6.54 Å². The molecule has 0 spiro atoms. The van der Waals surface area contributed by atoms with Crippen LogP contribution in [0, 0.1) is 30.1 Å². The zero-order valence-corrected chi connectivity index (χ0v) is 17.6. The molecule has 31 heavy (non-hydrogen) atoms. The first-order valence-corrected chi connectivity index (χ1v) is 9.86. The van der Waals surface area contributed by atoms with Crippen molar-refractivity contribution in [1.82, 2.24) is 18.7 Å². The fourth-order valence-electron chi connectivity index (χ4n) is 3.47. The van der Waals surface area contributed by atoms with Crippen LogP contribution in [0.5, 0.6) is 11.5 Å². The van der Waals surface area contributed by atoms with Crippen molar-refractivity contribution >= 4 is 11.2 Å². The molecular formula is C23H22N4O4. The highest BCUT2D eigenvalue weighted by Gasteiger charge is 2.26. The summed E-state index contributed by atoms with van der Waals surface area (Å²) in [6.45, 7) is 0.426. The molecular weight excluding hydrogens is 396 g/mol. The maximum atomic E-state index is 13.0. The highest BCUT2D eigenvalue weighted by atomic mass is 16.5. The second kappa shape index (κ2) is 8.08. The standard InChI is InChI=1S/C23H22N4O4/c1-5-12-26-22(28)20-21(27(23(26)29)14-16-6-7-16)24-19(25(20)2)11-9-15-8-10-17(30-3)18(13-15)31-4/h1,8,10,13,16H,6-7,12,14H2,2-4H3. The van der Waals surface area contributed by atoms with Gasteiger partial charge in [-0.2, -0.15) is 0 Å². The first-order valence-electron chi connectivity index (χ1n) is 9.86. The SMILES string of the molecule is C#CCn1c(=O)c2c(nc(C#Cc3ccc(OC)c(OC)c3)n2C)n(CC2CC2)c1=O. The van der Waals surface area contributed by atoms with E-state index >= 15 is 0 Å². The van der Waals surface area contributed by atoms with E-state index in [0.29, 0.717) is 46.5 Å². The Hall–Kier alpha value is -3.91. The fourth-order valence-corrected chi connectivity index (χ4v) is 3.47. The highest BCUT2D eigenvalue weighted by molar-refractivity contribution is 5.72. The van der Waals surface area contributed by atoms with Crippen LogP contribution >= 0.6 is 0 Å². The van der Waals surface area contributed by atoms with Crippen molar-refractivity contribution in [2.75, 3.05) is 14.2 Å². The number of imidazole rings is 1. The summed E-state index contributed by atoms with van der Waals surface area (Å²) in [6, 6.07) is 5.33. The third-order valence-electron chi connectivity index (χ3n) is 5.33. The van der Waals surface area contributed by atoms with Gasteiger partial charge in [-0.3, -0.25) is 9.36 Å². The van der Waals surface area contributed by atoms with E-state index in [2.05, 4.69) is 22.7 Å². The summed E-state index contributed by atoms with van der Waals surface area (Å²) in [4.78, 5) is 30.4. The Balaban J connectivity index is 1.86. The van der Waals surface area contributed by atoms with Crippen LogP contribution in [0.4, 0.5) is 0 Å². The van der Waals surface area contributed by atoms with E-state index in [1.54, 1.807) is 48.6 Å². The molecule has 4 rings (SSSR count). The smallest absolute Gasteiger partial charge is 0.333 e. The van der Waals surface area contributed by atoms with E-state index < -0.39 is 11.2 Å². The van der Waals surface area contributed by atoms with Crippen molar-refractivity contribution in [3.63, 3.8) is 0 Å². The van der Waals surface area contributed by atoms with Crippen LogP contribution in [0.25, 0.3) is 11.2 Å². The summed E-state index contributed by atoms with van der Waals surface area (Å²) in [7, 11) is 4.83. The van der Waals surface area contributed by atoms with Crippen molar-refractivity contribution in [2.45, 2.75) is 25.9 Å². The molecule has 0 unspecified atom stereocenters. The summed E-state index contributed by atoms with van der Waals surface area (Å²) < 4.78 is 14.8. The van der Waals surface area contributed by atoms with Crippen molar-refractivity contribution in [1.29, 1.82) is 0 Å². The van der Waals surface area contributed by atoms with Crippen LogP contribution in [0.2, 0.25) is 0 Å². The lowest BCUT2D eigenvalue weighted by Crippen LogP contribution is -2.40. The number of hydrogen-bond acceptors (Lipinski definition) is 5. The molecule has 0 atom stereocenters. The number of fused-ring (bicyclic) bond motifs is 1. The molecule has 8 nitrogen and oxygen atoms in total. The molecule has 8 heteroatoms. The summed E-state index contributed by atoms with van der Waals surface area (Å²) in [5, 5.41) is 0.